The van der Waals surface area contributed by atoms with Crippen LogP contribution in [0.5, 0.6) is 5.75 Å². The zero-order valence-electron chi connectivity index (χ0n) is 18.1. The molecule has 2 saturated heterocycles. The Hall–Kier alpha value is -2.67. The highest BCUT2D eigenvalue weighted by atomic mass is 32.2. The molecule has 0 saturated carbocycles. The van der Waals surface area contributed by atoms with Gasteiger partial charge in [0.15, 0.2) is 6.61 Å². The predicted octanol–water partition coefficient (Wildman–Crippen LogP) is 4.28. The van der Waals surface area contributed by atoms with E-state index in [2.05, 4.69) is 11.4 Å². The van der Waals surface area contributed by atoms with Gasteiger partial charge < -0.3 is 19.9 Å². The molecule has 0 unspecified atom stereocenters. The summed E-state index contributed by atoms with van der Waals surface area (Å²) >= 11 is 1.84. The lowest BCUT2D eigenvalue weighted by atomic mass is 10.0. The fourth-order valence-corrected chi connectivity index (χ4v) is 5.80. The van der Waals surface area contributed by atoms with Crippen LogP contribution in [-0.4, -0.2) is 58.6 Å². The third-order valence-corrected chi connectivity index (χ3v) is 7.59. The summed E-state index contributed by atoms with van der Waals surface area (Å²) in [7, 11) is 0. The van der Waals surface area contributed by atoms with E-state index in [1.807, 2.05) is 77.9 Å². The van der Waals surface area contributed by atoms with Crippen LogP contribution in [0.3, 0.4) is 0 Å². The topological polar surface area (TPSA) is 61.9 Å². The minimum atomic E-state index is -0.228. The molecule has 164 valence electrons. The van der Waals surface area contributed by atoms with Gasteiger partial charge in [-0.3, -0.25) is 4.79 Å². The molecule has 0 aliphatic carbocycles. The second-order valence-corrected chi connectivity index (χ2v) is 9.63. The van der Waals surface area contributed by atoms with Gasteiger partial charge in [0.05, 0.1) is 4.87 Å². The lowest BCUT2D eigenvalue weighted by Gasteiger charge is -2.44. The number of hydrogen-bond acceptors (Lipinski definition) is 4. The summed E-state index contributed by atoms with van der Waals surface area (Å²) in [5, 5.41) is 3.04. The number of benzene rings is 2. The smallest absolute Gasteiger partial charge is 0.321 e. The van der Waals surface area contributed by atoms with Crippen LogP contribution in [0, 0.1) is 13.8 Å². The number of carbonyl (C=O) groups is 2. The third kappa shape index (κ3) is 4.82. The van der Waals surface area contributed by atoms with Crippen molar-refractivity contribution in [3.63, 3.8) is 0 Å². The van der Waals surface area contributed by atoms with Crippen molar-refractivity contribution in [3.8, 4) is 5.75 Å². The highest BCUT2D eigenvalue weighted by Crippen LogP contribution is 2.44. The number of ether oxygens (including phenoxy) is 1. The number of para-hydroxylation sites is 1. The summed E-state index contributed by atoms with van der Waals surface area (Å²) < 4.78 is 5.68. The van der Waals surface area contributed by atoms with E-state index in [1.54, 1.807) is 0 Å². The molecule has 1 spiro atoms. The van der Waals surface area contributed by atoms with Crippen LogP contribution in [0.2, 0.25) is 0 Å². The summed E-state index contributed by atoms with van der Waals surface area (Å²) in [6, 6.07) is 15.4. The summed E-state index contributed by atoms with van der Waals surface area (Å²) in [4.78, 5) is 29.3. The van der Waals surface area contributed by atoms with Crippen LogP contribution in [-0.2, 0) is 4.79 Å². The molecule has 6 nitrogen and oxygen atoms in total. The molecule has 2 aliphatic rings. The second-order valence-electron chi connectivity index (χ2n) is 8.18. The maximum Gasteiger partial charge on any atom is 0.321 e. The van der Waals surface area contributed by atoms with Gasteiger partial charge in [0.1, 0.15) is 5.75 Å². The molecule has 2 aliphatic heterocycles. The van der Waals surface area contributed by atoms with Crippen LogP contribution in [0.25, 0.3) is 0 Å². The molecular weight excluding hydrogens is 410 g/mol. The van der Waals surface area contributed by atoms with Crippen molar-refractivity contribution in [1.82, 2.24) is 9.80 Å². The largest absolute Gasteiger partial charge is 0.484 e. The lowest BCUT2D eigenvalue weighted by molar-refractivity contribution is -0.136. The Bertz CT molecular complexity index is 942. The van der Waals surface area contributed by atoms with E-state index < -0.39 is 0 Å². The maximum atomic E-state index is 12.9. The van der Waals surface area contributed by atoms with Crippen LogP contribution in [0.1, 0.15) is 24.0 Å². The number of nitrogens with zero attached hydrogens (tertiary/aromatic N) is 2. The molecule has 31 heavy (non-hydrogen) atoms. The predicted molar refractivity (Wildman–Crippen MR) is 125 cm³/mol. The van der Waals surface area contributed by atoms with Gasteiger partial charge in [-0.2, -0.15) is 0 Å². The molecule has 0 radical (unpaired) electrons. The van der Waals surface area contributed by atoms with E-state index in [9.17, 15) is 9.59 Å². The zero-order valence-corrected chi connectivity index (χ0v) is 18.9. The average molecular weight is 440 g/mol. The normalized spacial score (nSPS) is 17.6. The number of likely N-dealkylation sites (tertiary alicyclic amines) is 1. The van der Waals surface area contributed by atoms with Crippen molar-refractivity contribution >= 4 is 29.4 Å². The first-order valence-corrected chi connectivity index (χ1v) is 11.7. The number of piperidine rings is 1. The van der Waals surface area contributed by atoms with Crippen LogP contribution in [0.4, 0.5) is 10.5 Å². The number of anilines is 1. The molecule has 2 aromatic carbocycles. The number of hydrogen-bond donors (Lipinski definition) is 1. The minimum absolute atomic E-state index is 0.0158. The Balaban J connectivity index is 1.33. The van der Waals surface area contributed by atoms with Crippen molar-refractivity contribution in [3.05, 3.63) is 59.7 Å². The van der Waals surface area contributed by atoms with E-state index in [0.29, 0.717) is 18.8 Å². The van der Waals surface area contributed by atoms with Gasteiger partial charge in [-0.25, -0.2) is 4.79 Å². The first-order valence-electron chi connectivity index (χ1n) is 10.7. The molecule has 3 amide bonds. The second kappa shape index (κ2) is 9.22. The summed E-state index contributed by atoms with van der Waals surface area (Å²) in [5.74, 6) is 1.64. The fourth-order valence-electron chi connectivity index (χ4n) is 4.32. The van der Waals surface area contributed by atoms with Gasteiger partial charge in [-0.15, -0.1) is 11.8 Å². The highest BCUT2D eigenvalue weighted by molar-refractivity contribution is 8.00. The van der Waals surface area contributed by atoms with Gasteiger partial charge in [-0.1, -0.05) is 35.9 Å². The third-order valence-electron chi connectivity index (χ3n) is 6.04. The molecule has 7 heteroatoms. The van der Waals surface area contributed by atoms with Gasteiger partial charge in [0.2, 0.25) is 0 Å². The van der Waals surface area contributed by atoms with Crippen LogP contribution < -0.4 is 10.1 Å². The average Bonchev–Trinajstić information content (AvgIpc) is 3.18. The number of rotatable bonds is 4. The molecule has 0 atom stereocenters. The number of urea groups is 1. The molecule has 0 aromatic heterocycles. The fraction of sp³-hybridized carbons (Fsp3) is 0.417. The lowest BCUT2D eigenvalue weighted by Crippen LogP contribution is -2.55. The Labute approximate surface area is 187 Å². The Kier molecular flexibility index (Phi) is 6.41. The SMILES string of the molecule is Cc1ccc(NC(=O)N2CCC3(CC2)SCCN3C(=O)COc2ccccc2)c(C)c1. The van der Waals surface area contributed by atoms with E-state index >= 15 is 0 Å². The van der Waals surface area contributed by atoms with E-state index in [1.165, 1.54) is 5.56 Å². The molecular formula is C24H29N3O3S. The van der Waals surface area contributed by atoms with Crippen LogP contribution >= 0.6 is 11.8 Å². The molecule has 1 N–H and O–H groups in total. The Morgan fingerprint density at radius 3 is 2.52 bits per heavy atom. The van der Waals surface area contributed by atoms with E-state index in [0.717, 1.165) is 36.4 Å². The van der Waals surface area contributed by atoms with Gasteiger partial charge in [0.25, 0.3) is 5.91 Å². The minimum Gasteiger partial charge on any atom is -0.484 e. The number of amides is 3. The van der Waals surface area contributed by atoms with Crippen molar-refractivity contribution in [2.24, 2.45) is 0 Å². The molecule has 2 heterocycles. The molecule has 0 bridgehead atoms. The first-order chi connectivity index (χ1) is 15.0. The van der Waals surface area contributed by atoms with Crippen molar-refractivity contribution in [2.75, 3.05) is 37.3 Å². The number of carbonyl (C=O) groups excluding carboxylic acids is 2. The maximum absolute atomic E-state index is 12.9. The van der Waals surface area contributed by atoms with E-state index in [4.69, 9.17) is 4.74 Å². The summed E-state index contributed by atoms with van der Waals surface area (Å²) in [5.41, 5.74) is 3.08. The highest BCUT2D eigenvalue weighted by Gasteiger charge is 2.46. The van der Waals surface area contributed by atoms with Gasteiger partial charge in [0, 0.05) is 31.1 Å². The summed E-state index contributed by atoms with van der Waals surface area (Å²) in [6.45, 7) is 6.09. The Morgan fingerprint density at radius 1 is 1.06 bits per heavy atom. The quantitative estimate of drug-likeness (QED) is 0.772. The van der Waals surface area contributed by atoms with Gasteiger partial charge in [-0.05, 0) is 50.5 Å². The molecule has 2 aromatic rings. The van der Waals surface area contributed by atoms with Crippen molar-refractivity contribution in [2.45, 2.75) is 31.6 Å². The summed E-state index contributed by atoms with van der Waals surface area (Å²) in [6.07, 6.45) is 1.55. The molecule has 2 fully saturated rings. The van der Waals surface area contributed by atoms with Crippen molar-refractivity contribution < 1.29 is 14.3 Å². The number of nitrogens with one attached hydrogen (secondary N) is 1. The standard InChI is InChI=1S/C24H29N3O3S/c1-18-8-9-21(19(2)16-18)25-23(29)26-12-10-24(11-13-26)27(14-15-31-24)22(28)17-30-20-6-4-3-5-7-20/h3-9,16H,10-15,17H2,1-2H3,(H,25,29). The van der Waals surface area contributed by atoms with E-state index in [-0.39, 0.29) is 23.4 Å². The monoisotopic (exact) mass is 439 g/mol. The first kappa shape index (κ1) is 21.6. The zero-order chi connectivity index (χ0) is 21.8. The number of aryl methyl sites for hydroxylation is 2. The molecule has 4 rings (SSSR count). The van der Waals surface area contributed by atoms with Gasteiger partial charge >= 0.3 is 6.03 Å². The van der Waals surface area contributed by atoms with Crippen LogP contribution in [0.15, 0.2) is 48.5 Å². The Morgan fingerprint density at radius 2 is 1.81 bits per heavy atom. The van der Waals surface area contributed by atoms with Crippen molar-refractivity contribution in [1.29, 1.82) is 0 Å². The number of thioether (sulfide) groups is 1.